The van der Waals surface area contributed by atoms with Crippen LogP contribution in [0.5, 0.6) is 11.5 Å². The average Bonchev–Trinajstić information content (AvgIpc) is 2.65. The van der Waals surface area contributed by atoms with Crippen LogP contribution in [-0.2, 0) is 4.79 Å². The van der Waals surface area contributed by atoms with Crippen molar-refractivity contribution in [2.24, 2.45) is 5.92 Å². The summed E-state index contributed by atoms with van der Waals surface area (Å²) < 4.78 is 33.9. The van der Waals surface area contributed by atoms with E-state index in [9.17, 15) is 18.4 Å². The molecule has 1 saturated carbocycles. The van der Waals surface area contributed by atoms with Gasteiger partial charge in [-0.15, -0.1) is 0 Å². The van der Waals surface area contributed by atoms with E-state index in [1.807, 2.05) is 0 Å². The summed E-state index contributed by atoms with van der Waals surface area (Å²) in [5.41, 5.74) is 0.184. The standard InChI is InChI=1S/C18H24F2N2O4/c1-25-15-9-13(7-8-14(15)26-18(19)20)17(24)22-11-16(23)21-10-12-5-3-2-4-6-12/h7-9,12,18H,2-6,10-11H2,1H3,(H,21,23)(H,22,24). The Morgan fingerprint density at radius 1 is 1.15 bits per heavy atom. The van der Waals surface area contributed by atoms with Gasteiger partial charge in [0.1, 0.15) is 0 Å². The number of hydrogen-bond donors (Lipinski definition) is 2. The topological polar surface area (TPSA) is 76.7 Å². The second-order valence-electron chi connectivity index (χ2n) is 6.23. The molecule has 6 nitrogen and oxygen atoms in total. The number of amides is 2. The third kappa shape index (κ3) is 6.16. The smallest absolute Gasteiger partial charge is 0.387 e. The van der Waals surface area contributed by atoms with Gasteiger partial charge in [-0.25, -0.2) is 0 Å². The molecular weight excluding hydrogens is 346 g/mol. The van der Waals surface area contributed by atoms with Crippen molar-refractivity contribution < 1.29 is 27.8 Å². The van der Waals surface area contributed by atoms with E-state index in [0.29, 0.717) is 12.5 Å². The van der Waals surface area contributed by atoms with E-state index in [-0.39, 0.29) is 29.5 Å². The van der Waals surface area contributed by atoms with Crippen molar-refractivity contribution in [1.82, 2.24) is 10.6 Å². The SMILES string of the molecule is COc1cc(C(=O)NCC(=O)NCC2CCCCC2)ccc1OC(F)F. The number of methoxy groups -OCH3 is 1. The Labute approximate surface area is 151 Å². The van der Waals surface area contributed by atoms with Crippen LogP contribution in [-0.4, -0.2) is 38.6 Å². The van der Waals surface area contributed by atoms with Crippen LogP contribution in [0.2, 0.25) is 0 Å². The molecule has 1 aliphatic carbocycles. The molecular formula is C18H24F2N2O4. The van der Waals surface area contributed by atoms with E-state index in [0.717, 1.165) is 12.8 Å². The fraction of sp³-hybridized carbons (Fsp3) is 0.556. The van der Waals surface area contributed by atoms with Crippen molar-refractivity contribution in [3.8, 4) is 11.5 Å². The summed E-state index contributed by atoms with van der Waals surface area (Å²) in [5.74, 6) is -0.396. The highest BCUT2D eigenvalue weighted by Crippen LogP contribution is 2.29. The quantitative estimate of drug-likeness (QED) is 0.738. The van der Waals surface area contributed by atoms with Gasteiger partial charge in [0.2, 0.25) is 5.91 Å². The number of benzene rings is 1. The largest absolute Gasteiger partial charge is 0.493 e. The maximum Gasteiger partial charge on any atom is 0.387 e. The van der Waals surface area contributed by atoms with Crippen molar-refractivity contribution in [2.45, 2.75) is 38.7 Å². The zero-order valence-corrected chi connectivity index (χ0v) is 14.7. The third-order valence-electron chi connectivity index (χ3n) is 4.36. The molecule has 0 aliphatic heterocycles. The Kier molecular flexibility index (Phi) is 7.62. The molecule has 0 aromatic heterocycles. The summed E-state index contributed by atoms with van der Waals surface area (Å²) in [4.78, 5) is 24.0. The fourth-order valence-corrected chi connectivity index (χ4v) is 2.98. The van der Waals surface area contributed by atoms with Crippen molar-refractivity contribution in [2.75, 3.05) is 20.2 Å². The molecule has 1 aromatic carbocycles. The van der Waals surface area contributed by atoms with E-state index in [2.05, 4.69) is 15.4 Å². The molecule has 0 atom stereocenters. The number of nitrogens with one attached hydrogen (secondary N) is 2. The normalized spacial score (nSPS) is 14.8. The summed E-state index contributed by atoms with van der Waals surface area (Å²) in [6.07, 6.45) is 5.90. The Morgan fingerprint density at radius 2 is 1.88 bits per heavy atom. The van der Waals surface area contributed by atoms with Gasteiger partial charge in [0.05, 0.1) is 13.7 Å². The van der Waals surface area contributed by atoms with Gasteiger partial charge in [-0.05, 0) is 37.0 Å². The van der Waals surface area contributed by atoms with E-state index >= 15 is 0 Å². The van der Waals surface area contributed by atoms with Crippen molar-refractivity contribution in [3.05, 3.63) is 23.8 Å². The van der Waals surface area contributed by atoms with Gasteiger partial charge < -0.3 is 20.1 Å². The first-order chi connectivity index (χ1) is 12.5. The predicted octanol–water partition coefficient (Wildman–Crippen LogP) is 2.72. The molecule has 26 heavy (non-hydrogen) atoms. The van der Waals surface area contributed by atoms with Gasteiger partial charge in [-0.3, -0.25) is 9.59 Å². The number of alkyl halides is 2. The minimum absolute atomic E-state index is 0.0136. The lowest BCUT2D eigenvalue weighted by atomic mass is 9.89. The lowest BCUT2D eigenvalue weighted by molar-refractivity contribution is -0.120. The molecule has 0 saturated heterocycles. The zero-order valence-electron chi connectivity index (χ0n) is 14.7. The summed E-state index contributed by atoms with van der Waals surface area (Å²) in [6, 6.07) is 3.84. The molecule has 0 heterocycles. The van der Waals surface area contributed by atoms with Gasteiger partial charge in [0.25, 0.3) is 5.91 Å². The number of carbonyl (C=O) groups excluding carboxylic acids is 2. The minimum Gasteiger partial charge on any atom is -0.493 e. The number of carbonyl (C=O) groups is 2. The Bertz CT molecular complexity index is 619. The van der Waals surface area contributed by atoms with Gasteiger partial charge >= 0.3 is 6.61 Å². The first kappa shape index (κ1) is 19.9. The van der Waals surface area contributed by atoms with Crippen molar-refractivity contribution in [3.63, 3.8) is 0 Å². The van der Waals surface area contributed by atoms with Crippen LogP contribution >= 0.6 is 0 Å². The van der Waals surface area contributed by atoms with Crippen molar-refractivity contribution in [1.29, 1.82) is 0 Å². The molecule has 0 unspecified atom stereocenters. The van der Waals surface area contributed by atoms with E-state index in [1.165, 1.54) is 44.6 Å². The van der Waals surface area contributed by atoms with E-state index < -0.39 is 12.5 Å². The molecule has 8 heteroatoms. The predicted molar refractivity (Wildman–Crippen MR) is 91.5 cm³/mol. The molecule has 1 fully saturated rings. The second kappa shape index (κ2) is 9.94. The molecule has 1 aliphatic rings. The number of hydrogen-bond acceptors (Lipinski definition) is 4. The van der Waals surface area contributed by atoms with Gasteiger partial charge in [-0.1, -0.05) is 19.3 Å². The Morgan fingerprint density at radius 3 is 2.54 bits per heavy atom. The van der Waals surface area contributed by atoms with Crippen LogP contribution in [0.1, 0.15) is 42.5 Å². The van der Waals surface area contributed by atoms with Crippen molar-refractivity contribution >= 4 is 11.8 Å². The van der Waals surface area contributed by atoms with Gasteiger partial charge in [0.15, 0.2) is 11.5 Å². The van der Waals surface area contributed by atoms with Crippen LogP contribution in [0.3, 0.4) is 0 Å². The highest BCUT2D eigenvalue weighted by molar-refractivity contribution is 5.97. The first-order valence-corrected chi connectivity index (χ1v) is 8.67. The molecule has 2 rings (SSSR count). The van der Waals surface area contributed by atoms with Crippen LogP contribution in [0.4, 0.5) is 8.78 Å². The molecule has 1 aromatic rings. The molecule has 2 N–H and O–H groups in total. The monoisotopic (exact) mass is 370 g/mol. The maximum atomic E-state index is 12.3. The second-order valence-corrected chi connectivity index (χ2v) is 6.23. The highest BCUT2D eigenvalue weighted by atomic mass is 19.3. The molecule has 0 bridgehead atoms. The number of rotatable bonds is 8. The van der Waals surface area contributed by atoms with Crippen LogP contribution in [0.25, 0.3) is 0 Å². The van der Waals surface area contributed by atoms with E-state index in [1.54, 1.807) is 0 Å². The minimum atomic E-state index is -2.99. The van der Waals surface area contributed by atoms with Crippen LogP contribution < -0.4 is 20.1 Å². The van der Waals surface area contributed by atoms with E-state index in [4.69, 9.17) is 4.74 Å². The summed E-state index contributed by atoms with van der Waals surface area (Å²) >= 11 is 0. The van der Waals surface area contributed by atoms with Gasteiger partial charge in [0, 0.05) is 12.1 Å². The fourth-order valence-electron chi connectivity index (χ4n) is 2.98. The molecule has 144 valence electrons. The van der Waals surface area contributed by atoms with Crippen LogP contribution in [0.15, 0.2) is 18.2 Å². The van der Waals surface area contributed by atoms with Crippen LogP contribution in [0, 0.1) is 5.92 Å². The molecule has 0 spiro atoms. The van der Waals surface area contributed by atoms with Gasteiger partial charge in [-0.2, -0.15) is 8.78 Å². The number of ether oxygens (including phenoxy) is 2. The molecule has 0 radical (unpaired) electrons. The maximum absolute atomic E-state index is 12.3. The lowest BCUT2D eigenvalue weighted by Gasteiger charge is -2.21. The third-order valence-corrected chi connectivity index (χ3v) is 4.36. The average molecular weight is 370 g/mol. The first-order valence-electron chi connectivity index (χ1n) is 8.67. The summed E-state index contributed by atoms with van der Waals surface area (Å²) in [7, 11) is 1.29. The summed E-state index contributed by atoms with van der Waals surface area (Å²) in [6.45, 7) is -2.51. The number of halogens is 2. The Hall–Kier alpha value is -2.38. The Balaban J connectivity index is 1.82. The lowest BCUT2D eigenvalue weighted by Crippen LogP contribution is -2.39. The molecule has 2 amide bonds. The summed E-state index contributed by atoms with van der Waals surface area (Å²) in [5, 5.41) is 5.33. The highest BCUT2D eigenvalue weighted by Gasteiger charge is 2.16. The zero-order chi connectivity index (χ0) is 18.9.